The summed E-state index contributed by atoms with van der Waals surface area (Å²) in [5.74, 6) is -0.847. The van der Waals surface area contributed by atoms with Gasteiger partial charge in [0, 0.05) is 0 Å². The summed E-state index contributed by atoms with van der Waals surface area (Å²) in [4.78, 5) is 28.6. The molecule has 0 radical (unpaired) electrons. The predicted octanol–water partition coefficient (Wildman–Crippen LogP) is 1.53. The number of carbonyl (C=O) groups is 2. The molecule has 0 fully saturated rings. The number of carbonyl (C=O) groups excluding carboxylic acids is 2. The van der Waals surface area contributed by atoms with Gasteiger partial charge in [0.05, 0.1) is 19.3 Å². The van der Waals surface area contributed by atoms with Gasteiger partial charge in [-0.2, -0.15) is 0 Å². The van der Waals surface area contributed by atoms with Crippen LogP contribution in [-0.2, 0) is 28.0 Å². The first-order valence-electron chi connectivity index (χ1n) is 7.91. The normalized spacial score (nSPS) is 14.5. The van der Waals surface area contributed by atoms with E-state index in [1.54, 1.807) is 34.6 Å². The number of aliphatic hydroxyl groups excluding tert-OH is 1. The van der Waals surface area contributed by atoms with E-state index in [2.05, 4.69) is 5.32 Å². The van der Waals surface area contributed by atoms with Crippen LogP contribution < -0.4 is 10.8 Å². The predicted molar refractivity (Wildman–Crippen MR) is 89.8 cm³/mol. The second-order valence-corrected chi connectivity index (χ2v) is 8.05. The fourth-order valence-electron chi connectivity index (χ4n) is 1.59. The molecule has 0 aromatic carbocycles. The number of aliphatic hydroxyl groups is 1. The molecule has 0 spiro atoms. The van der Waals surface area contributed by atoms with E-state index in [-0.39, 0.29) is 13.2 Å². The molecule has 0 aliphatic rings. The maximum Gasteiger partial charge on any atom is 0.408 e. The summed E-state index contributed by atoms with van der Waals surface area (Å²) in [5.41, 5.74) is 1.24. The molecule has 0 aromatic rings. The van der Waals surface area contributed by atoms with Gasteiger partial charge in [0.1, 0.15) is 11.6 Å². The lowest BCUT2D eigenvalue weighted by Crippen LogP contribution is -2.53. The Bertz CT molecular complexity index is 468. The van der Waals surface area contributed by atoms with Crippen LogP contribution in [0.4, 0.5) is 4.79 Å². The van der Waals surface area contributed by atoms with Gasteiger partial charge in [-0.15, -0.1) is 0 Å². The summed E-state index contributed by atoms with van der Waals surface area (Å²) in [6.07, 6.45) is -2.61. The average molecular weight is 384 g/mol. The Hall–Kier alpha value is -1.19. The first kappa shape index (κ1) is 23.8. The van der Waals surface area contributed by atoms with Gasteiger partial charge in [0.2, 0.25) is 0 Å². The van der Waals surface area contributed by atoms with Crippen LogP contribution in [0.15, 0.2) is 0 Å². The molecule has 0 rings (SSSR count). The maximum atomic E-state index is 12.2. The minimum atomic E-state index is -3.50. The standard InChI is InChI=1S/C14H29N2O8P/c1-7-22-25(20,23-8-2)9-21-16-12(18)11(10(3)17)15-13(19)24-14(4,5)6/h10-11,17H,7-9H2,1-6H3,(H,15,19)(H,16,18)/t10-,11+/m1/s1. The van der Waals surface area contributed by atoms with Crippen molar-refractivity contribution in [1.29, 1.82) is 0 Å². The highest BCUT2D eigenvalue weighted by Gasteiger charge is 2.30. The molecular weight excluding hydrogens is 355 g/mol. The van der Waals surface area contributed by atoms with Crippen molar-refractivity contribution in [3.8, 4) is 0 Å². The number of hydrogen-bond donors (Lipinski definition) is 3. The Morgan fingerprint density at radius 3 is 2.08 bits per heavy atom. The number of rotatable bonds is 10. The lowest BCUT2D eigenvalue weighted by Gasteiger charge is -2.24. The molecule has 0 aliphatic heterocycles. The third-order valence-corrected chi connectivity index (χ3v) is 4.23. The Labute approximate surface area is 148 Å². The van der Waals surface area contributed by atoms with Gasteiger partial charge in [0.25, 0.3) is 5.91 Å². The fourth-order valence-corrected chi connectivity index (χ4v) is 2.82. The summed E-state index contributed by atoms with van der Waals surface area (Å²) in [7, 11) is -3.50. The zero-order valence-corrected chi connectivity index (χ0v) is 16.4. The van der Waals surface area contributed by atoms with E-state index in [0.29, 0.717) is 0 Å². The van der Waals surface area contributed by atoms with Gasteiger partial charge in [-0.1, -0.05) is 0 Å². The van der Waals surface area contributed by atoms with Gasteiger partial charge >= 0.3 is 13.7 Å². The van der Waals surface area contributed by atoms with Crippen LogP contribution in [0.25, 0.3) is 0 Å². The van der Waals surface area contributed by atoms with E-state index in [1.165, 1.54) is 6.92 Å². The van der Waals surface area contributed by atoms with Crippen LogP contribution in [0.5, 0.6) is 0 Å². The topological polar surface area (TPSA) is 132 Å². The molecule has 2 amide bonds. The summed E-state index contributed by atoms with van der Waals surface area (Å²) in [6.45, 7) is 9.85. The van der Waals surface area contributed by atoms with Gasteiger partial charge < -0.3 is 24.2 Å². The Morgan fingerprint density at radius 2 is 1.68 bits per heavy atom. The largest absolute Gasteiger partial charge is 0.444 e. The van der Waals surface area contributed by atoms with E-state index in [4.69, 9.17) is 18.6 Å². The molecule has 3 N–H and O–H groups in total. The number of alkyl carbamates (subject to hydrolysis) is 1. The average Bonchev–Trinajstić information content (AvgIpc) is 2.42. The molecule has 25 heavy (non-hydrogen) atoms. The third kappa shape index (κ3) is 10.4. The van der Waals surface area contributed by atoms with E-state index >= 15 is 0 Å². The quantitative estimate of drug-likeness (QED) is 0.382. The van der Waals surface area contributed by atoms with Crippen molar-refractivity contribution in [1.82, 2.24) is 10.8 Å². The van der Waals surface area contributed by atoms with Gasteiger partial charge in [-0.25, -0.2) is 10.3 Å². The highest BCUT2D eigenvalue weighted by molar-refractivity contribution is 7.53. The van der Waals surface area contributed by atoms with Crippen LogP contribution >= 0.6 is 7.60 Å². The molecule has 0 unspecified atom stereocenters. The van der Waals surface area contributed by atoms with Crippen molar-refractivity contribution >= 4 is 19.6 Å². The first-order chi connectivity index (χ1) is 11.4. The lowest BCUT2D eigenvalue weighted by molar-refractivity contribution is -0.137. The minimum Gasteiger partial charge on any atom is -0.444 e. The van der Waals surface area contributed by atoms with Crippen LogP contribution in [0.1, 0.15) is 41.5 Å². The monoisotopic (exact) mass is 384 g/mol. The number of ether oxygens (including phenoxy) is 1. The molecule has 10 nitrogen and oxygen atoms in total. The fraction of sp³-hybridized carbons (Fsp3) is 0.857. The van der Waals surface area contributed by atoms with Crippen LogP contribution in [0, 0.1) is 0 Å². The number of amides is 2. The molecule has 0 aliphatic carbocycles. The van der Waals surface area contributed by atoms with Crippen molar-refractivity contribution in [2.24, 2.45) is 0 Å². The zero-order valence-electron chi connectivity index (χ0n) is 15.5. The molecule has 0 heterocycles. The number of hydroxylamine groups is 1. The summed E-state index contributed by atoms with van der Waals surface area (Å²) >= 11 is 0. The Morgan fingerprint density at radius 1 is 1.16 bits per heavy atom. The SMILES string of the molecule is CCOP(=O)(CONC(=O)[C@@H](NC(=O)OC(C)(C)C)[C@@H](C)O)OCC. The molecular formula is C14H29N2O8P. The molecule has 11 heteroatoms. The molecule has 2 atom stereocenters. The first-order valence-corrected chi connectivity index (χ1v) is 9.64. The Balaban J connectivity index is 4.65. The summed E-state index contributed by atoms with van der Waals surface area (Å²) in [5, 5.41) is 11.9. The minimum absolute atomic E-state index is 0.144. The highest BCUT2D eigenvalue weighted by Crippen LogP contribution is 2.47. The van der Waals surface area contributed by atoms with E-state index in [1.807, 2.05) is 5.48 Å². The lowest BCUT2D eigenvalue weighted by atomic mass is 10.2. The molecule has 0 aromatic heterocycles. The number of nitrogens with one attached hydrogen (secondary N) is 2. The van der Waals surface area contributed by atoms with E-state index in [9.17, 15) is 19.3 Å². The maximum absolute atomic E-state index is 12.2. The smallest absolute Gasteiger partial charge is 0.408 e. The van der Waals surface area contributed by atoms with Gasteiger partial charge in [0.15, 0.2) is 6.35 Å². The van der Waals surface area contributed by atoms with Gasteiger partial charge in [-0.3, -0.25) is 14.2 Å². The second-order valence-electron chi connectivity index (χ2n) is 6.05. The van der Waals surface area contributed by atoms with Crippen molar-refractivity contribution in [3.05, 3.63) is 0 Å². The van der Waals surface area contributed by atoms with Crippen LogP contribution in [0.2, 0.25) is 0 Å². The van der Waals surface area contributed by atoms with E-state index < -0.39 is 43.7 Å². The molecule has 0 bridgehead atoms. The van der Waals surface area contributed by atoms with Crippen molar-refractivity contribution < 1.29 is 37.9 Å². The summed E-state index contributed by atoms with van der Waals surface area (Å²) < 4.78 is 27.2. The second kappa shape index (κ2) is 10.7. The Kier molecular flexibility index (Phi) is 10.2. The van der Waals surface area contributed by atoms with Crippen LogP contribution in [-0.4, -0.2) is 54.4 Å². The molecule has 0 saturated heterocycles. The van der Waals surface area contributed by atoms with Crippen molar-refractivity contribution in [2.75, 3.05) is 19.6 Å². The summed E-state index contributed by atoms with van der Waals surface area (Å²) in [6, 6.07) is -1.33. The zero-order chi connectivity index (χ0) is 19.7. The van der Waals surface area contributed by atoms with Crippen molar-refractivity contribution in [2.45, 2.75) is 59.3 Å². The van der Waals surface area contributed by atoms with Gasteiger partial charge in [-0.05, 0) is 41.5 Å². The molecule has 0 saturated carbocycles. The number of hydrogen-bond acceptors (Lipinski definition) is 8. The van der Waals surface area contributed by atoms with Crippen LogP contribution in [0.3, 0.4) is 0 Å². The molecule has 148 valence electrons. The van der Waals surface area contributed by atoms with Crippen molar-refractivity contribution in [3.63, 3.8) is 0 Å². The highest BCUT2D eigenvalue weighted by atomic mass is 31.2. The van der Waals surface area contributed by atoms with E-state index in [0.717, 1.165) is 0 Å². The third-order valence-electron chi connectivity index (χ3n) is 2.48.